The lowest BCUT2D eigenvalue weighted by atomic mass is 10.1. The van der Waals surface area contributed by atoms with Gasteiger partial charge in [0, 0.05) is 14.1 Å². The summed E-state index contributed by atoms with van der Waals surface area (Å²) < 4.78 is 33.0. The monoisotopic (exact) mass is 544 g/mol. The number of anilines is 1. The Morgan fingerprint density at radius 3 is 2.67 bits per heavy atom. The van der Waals surface area contributed by atoms with Crippen LogP contribution < -0.4 is 10.0 Å². The molecule has 0 unspecified atom stereocenters. The van der Waals surface area contributed by atoms with Gasteiger partial charge in [0.2, 0.25) is 0 Å². The summed E-state index contributed by atoms with van der Waals surface area (Å²) in [6.07, 6.45) is 0.584. The number of carbonyl (C=O) groups excluding carboxylic acids is 1. The van der Waals surface area contributed by atoms with E-state index in [-0.39, 0.29) is 34.4 Å². The zero-order valence-electron chi connectivity index (χ0n) is 16.5. The van der Waals surface area contributed by atoms with Crippen molar-refractivity contribution in [3.8, 4) is 5.75 Å². The van der Waals surface area contributed by atoms with Gasteiger partial charge in [-0.25, -0.2) is 8.42 Å². The van der Waals surface area contributed by atoms with Crippen molar-refractivity contribution in [2.75, 3.05) is 19.4 Å². The number of amides is 1. The molecule has 160 valence electrons. The number of hydrogen-bond acceptors (Lipinski definition) is 7. The highest BCUT2D eigenvalue weighted by molar-refractivity contribution is 14.1. The Bertz CT molecular complexity index is 1140. The van der Waals surface area contributed by atoms with Crippen LogP contribution in [0.5, 0.6) is 5.75 Å². The van der Waals surface area contributed by atoms with Gasteiger partial charge in [-0.05, 0) is 53.3 Å². The molecule has 2 heterocycles. The summed E-state index contributed by atoms with van der Waals surface area (Å²) in [6, 6.07) is 7.82. The van der Waals surface area contributed by atoms with Gasteiger partial charge in [0.05, 0.1) is 22.4 Å². The minimum Gasteiger partial charge on any atom is -0.505 e. The number of sulfonamides is 1. The molecular weight excluding hydrogens is 523 g/mol. The summed E-state index contributed by atoms with van der Waals surface area (Å²) in [6.45, 7) is 1.91. The van der Waals surface area contributed by atoms with Gasteiger partial charge in [0.15, 0.2) is 15.4 Å². The summed E-state index contributed by atoms with van der Waals surface area (Å²) in [5, 5.41) is 14.4. The van der Waals surface area contributed by atoms with Crippen molar-refractivity contribution in [2.45, 2.75) is 19.4 Å². The molecule has 2 aromatic rings. The topological polar surface area (TPSA) is 124 Å². The molecule has 0 radical (unpaired) electrons. The number of furan rings is 1. The van der Waals surface area contributed by atoms with Crippen molar-refractivity contribution in [3.63, 3.8) is 0 Å². The average Bonchev–Trinajstić information content (AvgIpc) is 3.23. The third kappa shape index (κ3) is 4.78. The lowest BCUT2D eigenvalue weighted by Crippen LogP contribution is -2.26. The molecule has 1 aliphatic rings. The van der Waals surface area contributed by atoms with Gasteiger partial charge in [0.25, 0.3) is 15.9 Å². The van der Waals surface area contributed by atoms with Crippen LogP contribution in [0.1, 0.15) is 35.5 Å². The van der Waals surface area contributed by atoms with Gasteiger partial charge in [-0.3, -0.25) is 14.5 Å². The highest BCUT2D eigenvalue weighted by Crippen LogP contribution is 2.31. The van der Waals surface area contributed by atoms with Crippen LogP contribution in [0.4, 0.5) is 5.69 Å². The molecule has 3 N–H and O–H groups in total. The van der Waals surface area contributed by atoms with Crippen LogP contribution >= 0.6 is 22.6 Å². The lowest BCUT2D eigenvalue weighted by Gasteiger charge is -2.16. The molecule has 1 aliphatic heterocycles. The molecule has 0 spiro atoms. The first-order valence-corrected chi connectivity index (χ1v) is 11.6. The van der Waals surface area contributed by atoms with Crippen molar-refractivity contribution in [3.05, 3.63) is 56.5 Å². The van der Waals surface area contributed by atoms with Crippen molar-refractivity contribution >= 4 is 50.0 Å². The van der Waals surface area contributed by atoms with Crippen LogP contribution in [-0.2, 0) is 10.0 Å². The fourth-order valence-corrected chi connectivity index (χ4v) is 4.24. The van der Waals surface area contributed by atoms with Crippen LogP contribution in [0.2, 0.25) is 0 Å². The van der Waals surface area contributed by atoms with Gasteiger partial charge >= 0.3 is 0 Å². The maximum atomic E-state index is 12.2. The summed E-state index contributed by atoms with van der Waals surface area (Å²) in [5.74, 6) is 0.0429. The molecule has 0 aliphatic carbocycles. The maximum absolute atomic E-state index is 12.2. The number of aromatic hydroxyl groups is 1. The SMILES string of the molecule is CC[C@@H](N=C1NS(=O)(=O)C=C1Nc1cccc(C(=O)N(C)C)c1O)c1ccc(I)o1. The van der Waals surface area contributed by atoms with E-state index in [4.69, 9.17) is 4.42 Å². The van der Waals surface area contributed by atoms with Crippen LogP contribution in [0.15, 0.2) is 50.8 Å². The minimum atomic E-state index is -3.74. The van der Waals surface area contributed by atoms with Crippen molar-refractivity contribution in [2.24, 2.45) is 4.99 Å². The Hall–Kier alpha value is -2.54. The lowest BCUT2D eigenvalue weighted by molar-refractivity contribution is 0.0824. The maximum Gasteiger partial charge on any atom is 0.258 e. The van der Waals surface area contributed by atoms with E-state index in [1.54, 1.807) is 32.3 Å². The van der Waals surface area contributed by atoms with Crippen LogP contribution in [0, 0.1) is 3.77 Å². The van der Waals surface area contributed by atoms with Gasteiger partial charge in [-0.1, -0.05) is 13.0 Å². The molecule has 1 amide bonds. The molecule has 1 atom stereocenters. The standard InChI is InChI=1S/C19H21IN4O5S/c1-4-12(15-8-9-16(20)29-15)22-18-14(10-30(27,28)23-18)21-13-7-5-6-11(17(13)25)19(26)24(2)3/h5-10,12,21,25H,4H2,1-3H3,(H,22,23)/t12-/m1/s1. The Morgan fingerprint density at radius 1 is 1.33 bits per heavy atom. The molecule has 1 aromatic heterocycles. The second-order valence-electron chi connectivity index (χ2n) is 6.75. The number of hydrogen-bond donors (Lipinski definition) is 3. The first-order valence-electron chi connectivity index (χ1n) is 9.00. The van der Waals surface area contributed by atoms with E-state index >= 15 is 0 Å². The van der Waals surface area contributed by atoms with E-state index in [9.17, 15) is 18.3 Å². The molecule has 3 rings (SSSR count). The Labute approximate surface area is 188 Å². The molecule has 30 heavy (non-hydrogen) atoms. The van der Waals surface area contributed by atoms with Crippen LogP contribution in [0.25, 0.3) is 0 Å². The number of phenols is 1. The number of nitrogens with one attached hydrogen (secondary N) is 2. The summed E-state index contributed by atoms with van der Waals surface area (Å²) in [4.78, 5) is 18.1. The quantitative estimate of drug-likeness (QED) is 0.380. The van der Waals surface area contributed by atoms with E-state index in [2.05, 4.69) is 15.0 Å². The number of benzene rings is 1. The number of para-hydroxylation sites is 1. The zero-order chi connectivity index (χ0) is 22.1. The molecule has 1 aromatic carbocycles. The molecular formula is C19H21IN4O5S. The molecule has 11 heteroatoms. The third-order valence-electron chi connectivity index (χ3n) is 4.30. The number of aliphatic imine (C=N–C) groups is 1. The average molecular weight is 544 g/mol. The number of rotatable bonds is 6. The van der Waals surface area contributed by atoms with Gasteiger partial charge in [-0.15, -0.1) is 0 Å². The van der Waals surface area contributed by atoms with Gasteiger partial charge < -0.3 is 19.7 Å². The molecule has 0 fully saturated rings. The molecule has 0 saturated heterocycles. The molecule has 9 nitrogen and oxygen atoms in total. The second-order valence-corrected chi connectivity index (χ2v) is 9.34. The number of carbonyl (C=O) groups is 1. The fraction of sp³-hybridized carbons (Fsp3) is 0.263. The summed E-state index contributed by atoms with van der Waals surface area (Å²) in [5.41, 5.74) is 0.426. The van der Waals surface area contributed by atoms with Crippen molar-refractivity contribution in [1.29, 1.82) is 0 Å². The Morgan fingerprint density at radius 2 is 2.07 bits per heavy atom. The zero-order valence-corrected chi connectivity index (χ0v) is 19.5. The fourth-order valence-electron chi connectivity index (χ4n) is 2.84. The van der Waals surface area contributed by atoms with Crippen molar-refractivity contribution < 1.29 is 22.7 Å². The van der Waals surface area contributed by atoms with Crippen LogP contribution in [-0.4, -0.2) is 44.3 Å². The van der Waals surface area contributed by atoms with E-state index in [0.717, 1.165) is 5.41 Å². The first-order chi connectivity index (χ1) is 14.1. The molecule has 0 saturated carbocycles. The van der Waals surface area contributed by atoms with E-state index in [1.807, 2.05) is 29.5 Å². The number of nitrogens with zero attached hydrogens (tertiary/aromatic N) is 2. The van der Waals surface area contributed by atoms with Gasteiger partial charge in [0.1, 0.15) is 11.8 Å². The summed E-state index contributed by atoms with van der Waals surface area (Å²) in [7, 11) is -0.597. The number of halogens is 1. The minimum absolute atomic E-state index is 0.0921. The van der Waals surface area contributed by atoms with Crippen LogP contribution in [0.3, 0.4) is 0 Å². The van der Waals surface area contributed by atoms with Gasteiger partial charge in [-0.2, -0.15) is 0 Å². The Kier molecular flexibility index (Phi) is 6.41. The molecule has 0 bridgehead atoms. The van der Waals surface area contributed by atoms with E-state index < -0.39 is 16.1 Å². The van der Waals surface area contributed by atoms with E-state index in [1.165, 1.54) is 17.0 Å². The summed E-state index contributed by atoms with van der Waals surface area (Å²) >= 11 is 2.05. The highest BCUT2D eigenvalue weighted by atomic mass is 127. The largest absolute Gasteiger partial charge is 0.505 e. The normalized spacial score (nSPS) is 17.3. The Balaban J connectivity index is 1.96. The van der Waals surface area contributed by atoms with E-state index in [0.29, 0.717) is 15.9 Å². The predicted molar refractivity (Wildman–Crippen MR) is 122 cm³/mol. The highest BCUT2D eigenvalue weighted by Gasteiger charge is 2.27. The third-order valence-corrected chi connectivity index (χ3v) is 5.91. The van der Waals surface area contributed by atoms with Crippen molar-refractivity contribution in [1.82, 2.24) is 9.62 Å². The first kappa shape index (κ1) is 22.2. The number of phenolic OH excluding ortho intramolecular Hbond substituents is 1. The number of amidine groups is 1. The smallest absolute Gasteiger partial charge is 0.258 e. The second kappa shape index (κ2) is 8.68. The predicted octanol–water partition coefficient (Wildman–Crippen LogP) is 3.03.